The average Bonchev–Trinajstić information content (AvgIpc) is 3.11. The monoisotopic (exact) mass is 445 g/mol. The summed E-state index contributed by atoms with van der Waals surface area (Å²) in [5.74, 6) is -0.321. The number of halogens is 1. The quantitative estimate of drug-likeness (QED) is 0.446. The number of carbonyl (C=O) groups excluding carboxylic acids is 2. The number of nitrogens with zero attached hydrogens (tertiary/aromatic N) is 1. The number of thioether (sulfide) groups is 1. The summed E-state index contributed by atoms with van der Waals surface area (Å²) in [6.45, 7) is 3.86. The minimum Gasteiger partial charge on any atom is -0.322 e. The summed E-state index contributed by atoms with van der Waals surface area (Å²) in [6, 6.07) is 14.2. The van der Waals surface area contributed by atoms with Crippen LogP contribution in [0, 0.1) is 6.92 Å². The highest BCUT2D eigenvalue weighted by atomic mass is 35.5. The zero-order valence-corrected chi connectivity index (χ0v) is 18.3. The number of aromatic nitrogens is 1. The van der Waals surface area contributed by atoms with E-state index >= 15 is 0 Å². The Balaban J connectivity index is 1.66. The molecule has 1 heterocycles. The number of thiazole rings is 1. The van der Waals surface area contributed by atoms with Crippen LogP contribution in [0.1, 0.15) is 29.4 Å². The van der Waals surface area contributed by atoms with Gasteiger partial charge in [-0.05, 0) is 49.7 Å². The zero-order chi connectivity index (χ0) is 20.8. The lowest BCUT2D eigenvalue weighted by Gasteiger charge is -2.14. The molecule has 0 spiro atoms. The minimum atomic E-state index is -0.266. The second-order valence-electron chi connectivity index (χ2n) is 6.29. The molecule has 0 saturated heterocycles. The van der Waals surface area contributed by atoms with Crippen molar-refractivity contribution in [2.45, 2.75) is 30.4 Å². The van der Waals surface area contributed by atoms with E-state index in [0.717, 1.165) is 10.6 Å². The molecule has 2 aromatic carbocycles. The van der Waals surface area contributed by atoms with Gasteiger partial charge in [-0.1, -0.05) is 30.7 Å². The molecule has 29 heavy (non-hydrogen) atoms. The third-order valence-corrected chi connectivity index (χ3v) is 6.44. The fourth-order valence-electron chi connectivity index (χ4n) is 2.56. The van der Waals surface area contributed by atoms with Crippen molar-refractivity contribution in [3.63, 3.8) is 0 Å². The molecule has 0 aliphatic heterocycles. The molecule has 3 rings (SSSR count). The van der Waals surface area contributed by atoms with Crippen molar-refractivity contribution in [2.24, 2.45) is 0 Å². The number of benzene rings is 2. The molecule has 3 aromatic rings. The number of anilines is 2. The fourth-order valence-corrected chi connectivity index (χ4v) is 4.46. The topological polar surface area (TPSA) is 71.1 Å². The van der Waals surface area contributed by atoms with Crippen LogP contribution in [0.5, 0.6) is 0 Å². The number of hydrogen-bond acceptors (Lipinski definition) is 5. The van der Waals surface area contributed by atoms with Crippen LogP contribution in [-0.2, 0) is 4.79 Å². The Hall–Kier alpha value is -2.35. The third-order valence-electron chi connectivity index (χ3n) is 3.97. The van der Waals surface area contributed by atoms with Gasteiger partial charge in [0.2, 0.25) is 5.91 Å². The summed E-state index contributed by atoms with van der Waals surface area (Å²) in [5, 5.41) is 8.49. The van der Waals surface area contributed by atoms with Crippen LogP contribution in [-0.4, -0.2) is 22.0 Å². The molecule has 5 nitrogen and oxygen atoms in total. The molecule has 1 atom stereocenters. The largest absolute Gasteiger partial charge is 0.322 e. The third kappa shape index (κ3) is 6.06. The Bertz CT molecular complexity index is 1020. The van der Waals surface area contributed by atoms with E-state index < -0.39 is 0 Å². The summed E-state index contributed by atoms with van der Waals surface area (Å²) in [6.07, 6.45) is 0.667. The van der Waals surface area contributed by atoms with Gasteiger partial charge in [0.05, 0.1) is 10.9 Å². The van der Waals surface area contributed by atoms with Crippen LogP contribution < -0.4 is 10.6 Å². The van der Waals surface area contributed by atoms with Crippen molar-refractivity contribution < 1.29 is 9.59 Å². The summed E-state index contributed by atoms with van der Waals surface area (Å²) in [4.78, 5) is 30.2. The Kier molecular flexibility index (Phi) is 7.30. The number of aryl methyl sites for hydroxylation is 1. The lowest BCUT2D eigenvalue weighted by Crippen LogP contribution is -2.24. The fraction of sp³-hybridized carbons (Fsp3) is 0.190. The normalized spacial score (nSPS) is 11.7. The second-order valence-corrected chi connectivity index (χ2v) is 8.86. The zero-order valence-electron chi connectivity index (χ0n) is 15.9. The van der Waals surface area contributed by atoms with E-state index in [9.17, 15) is 9.59 Å². The second kappa shape index (κ2) is 9.91. The Morgan fingerprint density at radius 1 is 1.17 bits per heavy atom. The summed E-state index contributed by atoms with van der Waals surface area (Å²) < 4.78 is 0. The molecule has 150 valence electrons. The number of amides is 2. The summed E-state index contributed by atoms with van der Waals surface area (Å²) in [7, 11) is 0. The molecular weight excluding hydrogens is 426 g/mol. The van der Waals surface area contributed by atoms with Gasteiger partial charge >= 0.3 is 0 Å². The molecule has 0 radical (unpaired) electrons. The number of rotatable bonds is 7. The number of hydrogen-bond donors (Lipinski definition) is 2. The van der Waals surface area contributed by atoms with Crippen LogP contribution in [0.3, 0.4) is 0 Å². The highest BCUT2D eigenvalue weighted by Gasteiger charge is 2.19. The van der Waals surface area contributed by atoms with Gasteiger partial charge in [0, 0.05) is 26.5 Å². The molecule has 0 fully saturated rings. The molecule has 2 N–H and O–H groups in total. The smallest absolute Gasteiger partial charge is 0.255 e. The van der Waals surface area contributed by atoms with Gasteiger partial charge in [-0.15, -0.1) is 23.1 Å². The first-order valence-electron chi connectivity index (χ1n) is 9.01. The molecule has 8 heteroatoms. The highest BCUT2D eigenvalue weighted by Crippen LogP contribution is 2.29. The van der Waals surface area contributed by atoms with Gasteiger partial charge < -0.3 is 10.6 Å². The average molecular weight is 446 g/mol. The van der Waals surface area contributed by atoms with Gasteiger partial charge in [-0.25, -0.2) is 4.98 Å². The van der Waals surface area contributed by atoms with Crippen molar-refractivity contribution in [1.82, 2.24) is 4.98 Å². The molecule has 0 saturated carbocycles. The standard InChI is InChI=1S/C21H20ClN3O2S2/c1-3-18(20(27)25-21-23-13(2)12-28-21)29-17-9-5-8-16(11-17)24-19(26)14-6-4-7-15(22)10-14/h4-12,18H,3H2,1-2H3,(H,24,26)(H,23,25,27). The van der Waals surface area contributed by atoms with Crippen LogP contribution in [0.25, 0.3) is 0 Å². The van der Waals surface area contributed by atoms with Crippen molar-refractivity contribution >= 4 is 57.3 Å². The van der Waals surface area contributed by atoms with Crippen LogP contribution in [0.15, 0.2) is 58.8 Å². The Labute approximate surface area is 182 Å². The number of nitrogens with one attached hydrogen (secondary N) is 2. The van der Waals surface area contributed by atoms with Gasteiger partial charge in [0.15, 0.2) is 5.13 Å². The predicted octanol–water partition coefficient (Wildman–Crippen LogP) is 5.87. The maximum absolute atomic E-state index is 12.6. The van der Waals surface area contributed by atoms with Crippen molar-refractivity contribution in [2.75, 3.05) is 10.6 Å². The summed E-state index contributed by atoms with van der Waals surface area (Å²) >= 11 is 8.82. The van der Waals surface area contributed by atoms with E-state index in [1.807, 2.05) is 43.5 Å². The lowest BCUT2D eigenvalue weighted by atomic mass is 10.2. The van der Waals surface area contributed by atoms with E-state index in [-0.39, 0.29) is 17.1 Å². The predicted molar refractivity (Wildman–Crippen MR) is 121 cm³/mol. The van der Waals surface area contributed by atoms with Crippen LogP contribution >= 0.6 is 34.7 Å². The minimum absolute atomic E-state index is 0.0831. The molecule has 2 amide bonds. The van der Waals surface area contributed by atoms with Crippen molar-refractivity contribution in [3.05, 3.63) is 70.2 Å². The van der Waals surface area contributed by atoms with Crippen LogP contribution in [0.4, 0.5) is 10.8 Å². The van der Waals surface area contributed by atoms with E-state index in [4.69, 9.17) is 11.6 Å². The van der Waals surface area contributed by atoms with Gasteiger partial charge in [-0.2, -0.15) is 0 Å². The SMILES string of the molecule is CCC(Sc1cccc(NC(=O)c2cccc(Cl)c2)c1)C(=O)Nc1nc(C)cs1. The first-order chi connectivity index (χ1) is 13.9. The molecule has 0 aliphatic carbocycles. The van der Waals surface area contributed by atoms with Gasteiger partial charge in [-0.3, -0.25) is 9.59 Å². The Morgan fingerprint density at radius 2 is 1.97 bits per heavy atom. The Morgan fingerprint density at radius 3 is 2.66 bits per heavy atom. The lowest BCUT2D eigenvalue weighted by molar-refractivity contribution is -0.115. The highest BCUT2D eigenvalue weighted by molar-refractivity contribution is 8.00. The van der Waals surface area contributed by atoms with Crippen molar-refractivity contribution in [1.29, 1.82) is 0 Å². The van der Waals surface area contributed by atoms with E-state index in [2.05, 4.69) is 15.6 Å². The molecule has 1 aromatic heterocycles. The van der Waals surface area contributed by atoms with Crippen molar-refractivity contribution in [3.8, 4) is 0 Å². The van der Waals surface area contributed by atoms with Gasteiger partial charge in [0.1, 0.15) is 0 Å². The molecular formula is C21H20ClN3O2S2. The maximum Gasteiger partial charge on any atom is 0.255 e. The molecule has 0 bridgehead atoms. The van der Waals surface area contributed by atoms with Crippen LogP contribution in [0.2, 0.25) is 5.02 Å². The molecule has 1 unspecified atom stereocenters. The van der Waals surface area contributed by atoms with E-state index in [0.29, 0.717) is 27.8 Å². The maximum atomic E-state index is 12.6. The van der Waals surface area contributed by atoms with E-state index in [1.54, 1.807) is 24.3 Å². The molecule has 0 aliphatic rings. The first kappa shape index (κ1) is 21.4. The first-order valence-corrected chi connectivity index (χ1v) is 11.1. The van der Waals surface area contributed by atoms with Gasteiger partial charge in [0.25, 0.3) is 5.91 Å². The summed E-state index contributed by atoms with van der Waals surface area (Å²) in [5.41, 5.74) is 2.03. The number of carbonyl (C=O) groups is 2. The van der Waals surface area contributed by atoms with E-state index in [1.165, 1.54) is 23.1 Å².